The van der Waals surface area contributed by atoms with Crippen molar-refractivity contribution >= 4 is 34.7 Å². The van der Waals surface area contributed by atoms with Gasteiger partial charge in [-0.3, -0.25) is 0 Å². The minimum atomic E-state index is 0.195. The molecule has 0 amide bonds. The normalized spacial score (nSPS) is 10.4. The molecule has 0 bridgehead atoms. The summed E-state index contributed by atoms with van der Waals surface area (Å²) in [5, 5.41) is 8.52. The largest absolute Gasteiger partial charge is 0.396 e. The fourth-order valence-electron chi connectivity index (χ4n) is 0.551. The standard InChI is InChI=1S/C6H8ClNOS2/c7-3-5-4-8-6(11-5)10-2-1-9/h4,9H,1-3H2. The van der Waals surface area contributed by atoms with Crippen molar-refractivity contribution in [1.29, 1.82) is 0 Å². The lowest BCUT2D eigenvalue weighted by molar-refractivity contribution is 0.322. The van der Waals surface area contributed by atoms with Crippen molar-refractivity contribution in [2.24, 2.45) is 0 Å². The number of aromatic nitrogens is 1. The molecule has 0 saturated heterocycles. The van der Waals surface area contributed by atoms with Crippen LogP contribution in [0.4, 0.5) is 0 Å². The lowest BCUT2D eigenvalue weighted by Gasteiger charge is -1.89. The lowest BCUT2D eigenvalue weighted by atomic mass is 10.6. The Morgan fingerprint density at radius 3 is 3.09 bits per heavy atom. The number of rotatable bonds is 4. The number of thioether (sulfide) groups is 1. The molecule has 1 aromatic rings. The fourth-order valence-corrected chi connectivity index (χ4v) is 2.47. The highest BCUT2D eigenvalue weighted by Crippen LogP contribution is 2.24. The van der Waals surface area contributed by atoms with Crippen LogP contribution in [0.5, 0.6) is 0 Å². The van der Waals surface area contributed by atoms with Crippen LogP contribution in [0.3, 0.4) is 0 Å². The van der Waals surface area contributed by atoms with Crippen LogP contribution >= 0.6 is 34.7 Å². The van der Waals surface area contributed by atoms with Gasteiger partial charge in [0, 0.05) is 16.8 Å². The Morgan fingerprint density at radius 2 is 2.55 bits per heavy atom. The van der Waals surface area contributed by atoms with Crippen LogP contribution in [0.15, 0.2) is 10.5 Å². The Bertz CT molecular complexity index is 216. The van der Waals surface area contributed by atoms with Gasteiger partial charge < -0.3 is 5.11 Å². The Labute approximate surface area is 78.6 Å². The summed E-state index contributed by atoms with van der Waals surface area (Å²) in [6.07, 6.45) is 1.78. The second-order valence-electron chi connectivity index (χ2n) is 1.80. The monoisotopic (exact) mass is 209 g/mol. The van der Waals surface area contributed by atoms with Crippen molar-refractivity contribution in [1.82, 2.24) is 4.98 Å². The minimum Gasteiger partial charge on any atom is -0.396 e. The van der Waals surface area contributed by atoms with E-state index in [9.17, 15) is 0 Å². The van der Waals surface area contributed by atoms with E-state index in [1.54, 1.807) is 29.3 Å². The second-order valence-corrected chi connectivity index (χ2v) is 4.52. The van der Waals surface area contributed by atoms with Gasteiger partial charge in [-0.05, 0) is 0 Å². The van der Waals surface area contributed by atoms with Gasteiger partial charge in [-0.25, -0.2) is 4.98 Å². The Kier molecular flexibility index (Phi) is 4.22. The quantitative estimate of drug-likeness (QED) is 0.608. The van der Waals surface area contributed by atoms with Crippen molar-refractivity contribution in [3.8, 4) is 0 Å². The van der Waals surface area contributed by atoms with E-state index in [1.165, 1.54) is 0 Å². The zero-order chi connectivity index (χ0) is 8.10. The van der Waals surface area contributed by atoms with Crippen molar-refractivity contribution in [2.45, 2.75) is 10.2 Å². The second kappa shape index (κ2) is 4.98. The van der Waals surface area contributed by atoms with Crippen molar-refractivity contribution in [2.75, 3.05) is 12.4 Å². The molecular formula is C6H8ClNOS2. The summed E-state index contributed by atoms with van der Waals surface area (Å²) in [6, 6.07) is 0. The molecule has 0 atom stereocenters. The lowest BCUT2D eigenvalue weighted by Crippen LogP contribution is -1.83. The Hall–Kier alpha value is 0.230. The van der Waals surface area contributed by atoms with E-state index >= 15 is 0 Å². The molecule has 1 aromatic heterocycles. The molecule has 0 saturated carbocycles. The maximum Gasteiger partial charge on any atom is 0.150 e. The highest BCUT2D eigenvalue weighted by atomic mass is 35.5. The highest BCUT2D eigenvalue weighted by Gasteiger charge is 1.99. The molecule has 0 fully saturated rings. The topological polar surface area (TPSA) is 33.1 Å². The molecule has 0 aliphatic heterocycles. The molecule has 0 radical (unpaired) electrons. The maximum atomic E-state index is 8.52. The van der Waals surface area contributed by atoms with E-state index in [0.717, 1.165) is 9.22 Å². The number of hydrogen-bond acceptors (Lipinski definition) is 4. The number of nitrogens with zero attached hydrogens (tertiary/aromatic N) is 1. The molecule has 11 heavy (non-hydrogen) atoms. The number of halogens is 1. The number of thiazole rings is 1. The van der Waals surface area contributed by atoms with Gasteiger partial charge in [-0.15, -0.1) is 22.9 Å². The van der Waals surface area contributed by atoms with Crippen LogP contribution in [-0.2, 0) is 5.88 Å². The minimum absolute atomic E-state index is 0.195. The van der Waals surface area contributed by atoms with E-state index in [1.807, 2.05) is 0 Å². The van der Waals surface area contributed by atoms with Gasteiger partial charge in [0.1, 0.15) is 4.34 Å². The zero-order valence-electron chi connectivity index (χ0n) is 5.79. The van der Waals surface area contributed by atoms with Crippen LogP contribution in [0.25, 0.3) is 0 Å². The molecule has 5 heteroatoms. The van der Waals surface area contributed by atoms with Gasteiger partial charge in [0.05, 0.1) is 12.5 Å². The number of aliphatic hydroxyl groups is 1. The van der Waals surface area contributed by atoms with Crippen LogP contribution < -0.4 is 0 Å². The molecule has 0 spiro atoms. The predicted octanol–water partition coefficient (Wildman–Crippen LogP) is 1.97. The van der Waals surface area contributed by atoms with E-state index in [0.29, 0.717) is 11.6 Å². The smallest absolute Gasteiger partial charge is 0.150 e. The summed E-state index contributed by atoms with van der Waals surface area (Å²) in [4.78, 5) is 5.19. The maximum absolute atomic E-state index is 8.52. The molecule has 2 nitrogen and oxygen atoms in total. The first-order valence-corrected chi connectivity index (χ1v) is 5.45. The van der Waals surface area contributed by atoms with Crippen molar-refractivity contribution in [3.05, 3.63) is 11.1 Å². The molecule has 0 unspecified atom stereocenters. The summed E-state index contributed by atoms with van der Waals surface area (Å²) in [6.45, 7) is 0.195. The summed E-state index contributed by atoms with van der Waals surface area (Å²) >= 11 is 8.72. The van der Waals surface area contributed by atoms with Crippen LogP contribution in [0.1, 0.15) is 4.88 Å². The van der Waals surface area contributed by atoms with E-state index in [-0.39, 0.29) is 6.61 Å². The third-order valence-corrected chi connectivity index (χ3v) is 3.56. The summed E-state index contributed by atoms with van der Waals surface area (Å²) < 4.78 is 0.981. The van der Waals surface area contributed by atoms with Crippen LogP contribution in [-0.4, -0.2) is 22.5 Å². The molecule has 0 aromatic carbocycles. The van der Waals surface area contributed by atoms with Crippen LogP contribution in [0, 0.1) is 0 Å². The Morgan fingerprint density at radius 1 is 1.73 bits per heavy atom. The van der Waals surface area contributed by atoms with E-state index < -0.39 is 0 Å². The van der Waals surface area contributed by atoms with Crippen molar-refractivity contribution in [3.63, 3.8) is 0 Å². The molecule has 0 aliphatic carbocycles. The molecule has 1 heterocycles. The fraction of sp³-hybridized carbons (Fsp3) is 0.500. The van der Waals surface area contributed by atoms with Gasteiger partial charge in [0.15, 0.2) is 0 Å². The van der Waals surface area contributed by atoms with Crippen molar-refractivity contribution < 1.29 is 5.11 Å². The average molecular weight is 210 g/mol. The molecule has 0 aliphatic rings. The van der Waals surface area contributed by atoms with Gasteiger partial charge in [-0.2, -0.15) is 0 Å². The first-order valence-electron chi connectivity index (χ1n) is 3.11. The summed E-state index contributed by atoms with van der Waals surface area (Å²) in [5.41, 5.74) is 0. The van der Waals surface area contributed by atoms with E-state index in [4.69, 9.17) is 16.7 Å². The number of hydrogen-bond donors (Lipinski definition) is 1. The highest BCUT2D eigenvalue weighted by molar-refractivity contribution is 8.01. The van der Waals surface area contributed by atoms with Gasteiger partial charge >= 0.3 is 0 Å². The SMILES string of the molecule is OCCSc1ncc(CCl)s1. The van der Waals surface area contributed by atoms with Gasteiger partial charge in [0.2, 0.25) is 0 Å². The average Bonchev–Trinajstić information content (AvgIpc) is 2.48. The zero-order valence-corrected chi connectivity index (χ0v) is 8.18. The number of aliphatic hydroxyl groups excluding tert-OH is 1. The van der Waals surface area contributed by atoms with E-state index in [2.05, 4.69) is 4.98 Å². The summed E-state index contributed by atoms with van der Waals surface area (Å²) in [7, 11) is 0. The molecule has 1 rings (SSSR count). The first kappa shape index (κ1) is 9.32. The van der Waals surface area contributed by atoms with Gasteiger partial charge in [0.25, 0.3) is 0 Å². The third-order valence-electron chi connectivity index (χ3n) is 0.981. The van der Waals surface area contributed by atoms with Crippen LogP contribution in [0.2, 0.25) is 0 Å². The summed E-state index contributed by atoms with van der Waals surface area (Å²) in [5.74, 6) is 1.23. The third kappa shape index (κ3) is 2.99. The molecular weight excluding hydrogens is 202 g/mol. The predicted molar refractivity (Wildman–Crippen MR) is 49.5 cm³/mol. The molecule has 62 valence electrons. The number of alkyl halides is 1. The molecule has 1 N–H and O–H groups in total. The Balaban J connectivity index is 2.44. The first-order chi connectivity index (χ1) is 5.36. The van der Waals surface area contributed by atoms with Gasteiger partial charge in [-0.1, -0.05) is 11.8 Å².